The van der Waals surface area contributed by atoms with Crippen LogP contribution in [0.1, 0.15) is 50.3 Å². The van der Waals surface area contributed by atoms with Crippen molar-refractivity contribution in [2.75, 3.05) is 13.2 Å². The van der Waals surface area contributed by atoms with Gasteiger partial charge in [-0.25, -0.2) is 0 Å². The molecule has 0 saturated carbocycles. The van der Waals surface area contributed by atoms with Crippen molar-refractivity contribution in [2.45, 2.75) is 51.3 Å². The van der Waals surface area contributed by atoms with E-state index in [1.165, 1.54) is 0 Å². The average molecular weight is 236 g/mol. The normalized spacial score (nSPS) is 32.7. The Morgan fingerprint density at radius 2 is 2.24 bits per heavy atom. The second-order valence-corrected chi connectivity index (χ2v) is 4.95. The average Bonchev–Trinajstić information content (AvgIpc) is 2.94. The zero-order chi connectivity index (χ0) is 11.8. The smallest absolute Gasteiger partial charge is 0.150 e. The van der Waals surface area contributed by atoms with E-state index >= 15 is 0 Å². The van der Waals surface area contributed by atoms with Gasteiger partial charge in [0.2, 0.25) is 0 Å². The number of nitrogens with zero attached hydrogens (tertiary/aromatic N) is 3. The molecule has 1 saturated heterocycles. The molecule has 1 aromatic heterocycles. The van der Waals surface area contributed by atoms with Crippen LogP contribution >= 0.6 is 0 Å². The molecule has 3 rings (SSSR count). The molecule has 1 aromatic rings. The minimum absolute atomic E-state index is 0.276. The molecular weight excluding hydrogens is 216 g/mol. The highest BCUT2D eigenvalue weighted by molar-refractivity contribution is 5.10. The number of fused-ring (bicyclic) bond motifs is 1. The third-order valence-electron chi connectivity index (χ3n) is 3.96. The molecule has 0 bridgehead atoms. The fraction of sp³-hybridized carbons (Fsp3) is 0.833. The van der Waals surface area contributed by atoms with Gasteiger partial charge in [-0.2, -0.15) is 0 Å². The third-order valence-corrected chi connectivity index (χ3v) is 3.96. The first-order valence-electron chi connectivity index (χ1n) is 6.59. The standard InChI is InChI=1S/C12H20N4O/c1-3-10-12-15-14-11(16(12)6-5-13-10)9-4-7-17-8(9)2/h8-10,13H,3-7H2,1-2H3. The molecule has 3 atom stereocenters. The maximum atomic E-state index is 5.64. The molecule has 94 valence electrons. The van der Waals surface area contributed by atoms with Gasteiger partial charge in [0.25, 0.3) is 0 Å². The van der Waals surface area contributed by atoms with Crippen molar-refractivity contribution < 1.29 is 4.74 Å². The molecule has 1 fully saturated rings. The molecule has 3 heterocycles. The van der Waals surface area contributed by atoms with Gasteiger partial charge < -0.3 is 14.6 Å². The summed E-state index contributed by atoms with van der Waals surface area (Å²) in [6.45, 7) is 7.17. The molecule has 0 spiro atoms. The molecule has 1 N–H and O–H groups in total. The van der Waals surface area contributed by atoms with Gasteiger partial charge >= 0.3 is 0 Å². The Balaban J connectivity index is 1.94. The van der Waals surface area contributed by atoms with Gasteiger partial charge in [0, 0.05) is 25.6 Å². The van der Waals surface area contributed by atoms with Crippen LogP contribution in [0.15, 0.2) is 0 Å². The van der Waals surface area contributed by atoms with E-state index < -0.39 is 0 Å². The quantitative estimate of drug-likeness (QED) is 0.839. The van der Waals surface area contributed by atoms with Gasteiger partial charge in [-0.15, -0.1) is 10.2 Å². The predicted octanol–water partition coefficient (Wildman–Crippen LogP) is 1.22. The van der Waals surface area contributed by atoms with Crippen molar-refractivity contribution in [1.29, 1.82) is 0 Å². The van der Waals surface area contributed by atoms with Crippen LogP contribution in [0, 0.1) is 0 Å². The lowest BCUT2D eigenvalue weighted by Crippen LogP contribution is -2.34. The highest BCUT2D eigenvalue weighted by Crippen LogP contribution is 2.32. The van der Waals surface area contributed by atoms with Crippen molar-refractivity contribution in [3.63, 3.8) is 0 Å². The first-order chi connectivity index (χ1) is 8.31. The summed E-state index contributed by atoms with van der Waals surface area (Å²) in [5.74, 6) is 2.66. The number of aromatic nitrogens is 3. The molecule has 3 unspecified atom stereocenters. The zero-order valence-corrected chi connectivity index (χ0v) is 10.5. The van der Waals surface area contributed by atoms with E-state index in [-0.39, 0.29) is 6.10 Å². The summed E-state index contributed by atoms with van der Waals surface area (Å²) in [6.07, 6.45) is 2.41. The zero-order valence-electron chi connectivity index (χ0n) is 10.5. The van der Waals surface area contributed by atoms with Crippen LogP contribution in [-0.4, -0.2) is 34.0 Å². The molecule has 2 aliphatic heterocycles. The van der Waals surface area contributed by atoms with Gasteiger partial charge in [-0.3, -0.25) is 0 Å². The molecular formula is C12H20N4O. The Hall–Kier alpha value is -0.940. The minimum atomic E-state index is 0.276. The summed E-state index contributed by atoms with van der Waals surface area (Å²) in [7, 11) is 0. The maximum Gasteiger partial charge on any atom is 0.150 e. The highest BCUT2D eigenvalue weighted by atomic mass is 16.5. The van der Waals surface area contributed by atoms with Crippen LogP contribution in [0.3, 0.4) is 0 Å². The minimum Gasteiger partial charge on any atom is -0.378 e. The van der Waals surface area contributed by atoms with E-state index in [9.17, 15) is 0 Å². The van der Waals surface area contributed by atoms with Crippen molar-refractivity contribution in [2.24, 2.45) is 0 Å². The first-order valence-corrected chi connectivity index (χ1v) is 6.59. The maximum absolute atomic E-state index is 5.64. The Morgan fingerprint density at radius 3 is 2.94 bits per heavy atom. The summed E-state index contributed by atoms with van der Waals surface area (Å²) in [4.78, 5) is 0. The lowest BCUT2D eigenvalue weighted by atomic mass is 10.0. The Bertz CT molecular complexity index is 403. The van der Waals surface area contributed by atoms with Gasteiger partial charge in [-0.05, 0) is 19.8 Å². The van der Waals surface area contributed by atoms with E-state index in [1.54, 1.807) is 0 Å². The van der Waals surface area contributed by atoms with Gasteiger partial charge in [0.15, 0.2) is 0 Å². The van der Waals surface area contributed by atoms with Crippen LogP contribution in [0.4, 0.5) is 0 Å². The SMILES string of the molecule is CCC1NCCn2c1nnc2C1CCOC1C. The molecule has 5 heteroatoms. The van der Waals surface area contributed by atoms with Crippen molar-refractivity contribution in [3.05, 3.63) is 11.6 Å². The number of nitrogens with one attached hydrogen (secondary N) is 1. The molecule has 17 heavy (non-hydrogen) atoms. The monoisotopic (exact) mass is 236 g/mol. The summed E-state index contributed by atoms with van der Waals surface area (Å²) in [6, 6.07) is 0.364. The molecule has 0 amide bonds. The van der Waals surface area contributed by atoms with Crippen LogP contribution in [0.5, 0.6) is 0 Å². The van der Waals surface area contributed by atoms with E-state index in [4.69, 9.17) is 4.74 Å². The summed E-state index contributed by atoms with van der Waals surface area (Å²) in [5.41, 5.74) is 0. The van der Waals surface area contributed by atoms with Crippen molar-refractivity contribution >= 4 is 0 Å². The molecule has 0 radical (unpaired) electrons. The fourth-order valence-corrected chi connectivity index (χ4v) is 2.93. The Kier molecular flexibility index (Phi) is 2.88. The fourth-order valence-electron chi connectivity index (χ4n) is 2.93. The van der Waals surface area contributed by atoms with Crippen LogP contribution < -0.4 is 5.32 Å². The summed E-state index contributed by atoms with van der Waals surface area (Å²) in [5, 5.41) is 12.3. The predicted molar refractivity (Wildman–Crippen MR) is 63.8 cm³/mol. The first kappa shape index (κ1) is 11.2. The largest absolute Gasteiger partial charge is 0.378 e. The van der Waals surface area contributed by atoms with Gasteiger partial charge in [0.05, 0.1) is 12.1 Å². The van der Waals surface area contributed by atoms with Gasteiger partial charge in [-0.1, -0.05) is 6.92 Å². The van der Waals surface area contributed by atoms with E-state index in [2.05, 4.69) is 33.9 Å². The number of hydrogen-bond donors (Lipinski definition) is 1. The summed E-state index contributed by atoms with van der Waals surface area (Å²) >= 11 is 0. The second kappa shape index (κ2) is 4.38. The Morgan fingerprint density at radius 1 is 1.41 bits per heavy atom. The topological polar surface area (TPSA) is 52.0 Å². The van der Waals surface area contributed by atoms with E-state index in [0.29, 0.717) is 12.0 Å². The van der Waals surface area contributed by atoms with E-state index in [0.717, 1.165) is 44.2 Å². The molecule has 0 aromatic carbocycles. The van der Waals surface area contributed by atoms with Crippen molar-refractivity contribution in [1.82, 2.24) is 20.1 Å². The van der Waals surface area contributed by atoms with Crippen molar-refractivity contribution in [3.8, 4) is 0 Å². The number of hydrogen-bond acceptors (Lipinski definition) is 4. The summed E-state index contributed by atoms with van der Waals surface area (Å²) < 4.78 is 7.94. The highest BCUT2D eigenvalue weighted by Gasteiger charge is 2.33. The lowest BCUT2D eigenvalue weighted by molar-refractivity contribution is 0.116. The number of rotatable bonds is 2. The van der Waals surface area contributed by atoms with Crippen LogP contribution in [0.2, 0.25) is 0 Å². The van der Waals surface area contributed by atoms with Gasteiger partial charge in [0.1, 0.15) is 11.6 Å². The number of ether oxygens (including phenoxy) is 1. The van der Waals surface area contributed by atoms with E-state index in [1.807, 2.05) is 0 Å². The second-order valence-electron chi connectivity index (χ2n) is 4.95. The van der Waals surface area contributed by atoms with Crippen LogP contribution in [0.25, 0.3) is 0 Å². The molecule has 2 aliphatic rings. The van der Waals surface area contributed by atoms with Crippen LogP contribution in [-0.2, 0) is 11.3 Å². The molecule has 0 aliphatic carbocycles. The third kappa shape index (κ3) is 1.77. The Labute approximate surface area is 102 Å². The lowest BCUT2D eigenvalue weighted by Gasteiger charge is -2.25. The molecule has 5 nitrogen and oxygen atoms in total.